The number of fused-ring (bicyclic) bond motifs is 1. The summed E-state index contributed by atoms with van der Waals surface area (Å²) in [5.74, 6) is 0.289. The molecule has 0 radical (unpaired) electrons. The van der Waals surface area contributed by atoms with Crippen LogP contribution in [0.15, 0.2) is 94.7 Å². The maximum Gasteiger partial charge on any atom is 0.277 e. The molecule has 0 aliphatic rings. The molecule has 0 saturated carbocycles. The number of hydrogen-bond donors (Lipinski definition) is 2. The first-order chi connectivity index (χ1) is 15.7. The smallest absolute Gasteiger partial charge is 0.277 e. The van der Waals surface area contributed by atoms with Crippen LogP contribution >= 0.6 is 11.8 Å². The van der Waals surface area contributed by atoms with Gasteiger partial charge in [-0.25, -0.2) is 0 Å². The first-order valence-electron chi connectivity index (χ1n) is 10.2. The molecule has 0 bridgehead atoms. The van der Waals surface area contributed by atoms with Gasteiger partial charge in [0.05, 0.1) is 10.8 Å². The molecule has 0 aliphatic carbocycles. The van der Waals surface area contributed by atoms with Crippen molar-refractivity contribution < 1.29 is 9.21 Å². The third-order valence-corrected chi connectivity index (χ3v) is 6.08. The van der Waals surface area contributed by atoms with Gasteiger partial charge in [-0.1, -0.05) is 78.5 Å². The van der Waals surface area contributed by atoms with Crippen LogP contribution in [0.5, 0.6) is 0 Å². The predicted molar refractivity (Wildman–Crippen MR) is 127 cm³/mol. The summed E-state index contributed by atoms with van der Waals surface area (Å²) in [6, 6.07) is 25.7. The van der Waals surface area contributed by atoms with E-state index in [9.17, 15) is 4.79 Å². The van der Waals surface area contributed by atoms with Gasteiger partial charge in [-0.2, -0.15) is 0 Å². The fourth-order valence-electron chi connectivity index (χ4n) is 3.52. The third-order valence-electron chi connectivity index (χ3n) is 5.14. The van der Waals surface area contributed by atoms with Gasteiger partial charge in [0.1, 0.15) is 0 Å². The monoisotopic (exact) mass is 440 g/mol. The highest BCUT2D eigenvalue weighted by Gasteiger charge is 2.20. The van der Waals surface area contributed by atoms with Crippen LogP contribution in [0.4, 0.5) is 5.69 Å². The predicted octanol–water partition coefficient (Wildman–Crippen LogP) is 6.00. The molecule has 1 unspecified atom stereocenters. The van der Waals surface area contributed by atoms with Gasteiger partial charge in [0.2, 0.25) is 5.91 Å². The van der Waals surface area contributed by atoms with Gasteiger partial charge < -0.3 is 14.7 Å². The maximum atomic E-state index is 12.9. The largest absolute Gasteiger partial charge is 0.411 e. The second-order valence-corrected chi connectivity index (χ2v) is 8.57. The summed E-state index contributed by atoms with van der Waals surface area (Å²) >= 11 is 1.23. The van der Waals surface area contributed by atoms with Crippen LogP contribution in [0.25, 0.3) is 33.5 Å². The Morgan fingerprint density at radius 3 is 2.56 bits per heavy atom. The number of benzene rings is 3. The Hall–Kier alpha value is -3.84. The third kappa shape index (κ3) is 4.02. The van der Waals surface area contributed by atoms with Crippen LogP contribution in [-0.2, 0) is 4.79 Å². The molecule has 3 aromatic carbocycles. The number of amides is 1. The molecule has 2 N–H and O–H groups in total. The zero-order valence-electron chi connectivity index (χ0n) is 17.3. The minimum absolute atomic E-state index is 0.134. The van der Waals surface area contributed by atoms with Crippen molar-refractivity contribution >= 4 is 34.3 Å². The maximum absolute atomic E-state index is 12.9. The first-order valence-corrected chi connectivity index (χ1v) is 11.1. The van der Waals surface area contributed by atoms with E-state index in [1.165, 1.54) is 11.8 Å². The minimum Gasteiger partial charge on any atom is -0.411 e. The zero-order valence-corrected chi connectivity index (χ0v) is 18.1. The molecular formula is C25H20N4O2S. The molecule has 0 fully saturated rings. The Kier molecular flexibility index (Phi) is 5.47. The molecule has 5 rings (SSSR count). The summed E-state index contributed by atoms with van der Waals surface area (Å²) < 4.78 is 5.84. The molecule has 7 heteroatoms. The molecule has 2 heterocycles. The minimum atomic E-state index is -0.421. The highest BCUT2D eigenvalue weighted by atomic mass is 32.2. The van der Waals surface area contributed by atoms with Crippen molar-refractivity contribution in [1.82, 2.24) is 15.2 Å². The van der Waals surface area contributed by atoms with Crippen molar-refractivity contribution in [3.8, 4) is 22.6 Å². The fraction of sp³-hybridized carbons (Fsp3) is 0.0800. The quantitative estimate of drug-likeness (QED) is 0.316. The summed E-state index contributed by atoms with van der Waals surface area (Å²) in [5.41, 5.74) is 4.62. The van der Waals surface area contributed by atoms with Crippen LogP contribution in [0.3, 0.4) is 0 Å². The number of anilines is 1. The number of H-pyrrole nitrogens is 1. The molecule has 32 heavy (non-hydrogen) atoms. The molecule has 158 valence electrons. The average molecular weight is 441 g/mol. The van der Waals surface area contributed by atoms with E-state index in [2.05, 4.69) is 20.5 Å². The normalized spacial score (nSPS) is 12.0. The van der Waals surface area contributed by atoms with Gasteiger partial charge in [0.25, 0.3) is 11.1 Å². The van der Waals surface area contributed by atoms with Crippen LogP contribution in [0.1, 0.15) is 6.92 Å². The number of nitrogens with zero attached hydrogens (tertiary/aromatic N) is 2. The Morgan fingerprint density at radius 2 is 1.69 bits per heavy atom. The molecule has 0 aliphatic heterocycles. The number of aromatic amines is 1. The lowest BCUT2D eigenvalue weighted by Crippen LogP contribution is -2.22. The van der Waals surface area contributed by atoms with Crippen molar-refractivity contribution in [1.29, 1.82) is 0 Å². The Balaban J connectivity index is 1.30. The number of para-hydroxylation sites is 2. The highest BCUT2D eigenvalue weighted by molar-refractivity contribution is 8.00. The van der Waals surface area contributed by atoms with E-state index in [0.717, 1.165) is 33.3 Å². The number of nitrogens with one attached hydrogen (secondary N) is 2. The van der Waals surface area contributed by atoms with Gasteiger partial charge in [0.15, 0.2) is 0 Å². The average Bonchev–Trinajstić information content (AvgIpc) is 3.47. The molecular weight excluding hydrogens is 420 g/mol. The van der Waals surface area contributed by atoms with Crippen molar-refractivity contribution in [2.24, 2.45) is 0 Å². The molecule has 0 spiro atoms. The zero-order chi connectivity index (χ0) is 21.9. The summed E-state index contributed by atoms with van der Waals surface area (Å²) in [4.78, 5) is 16.1. The lowest BCUT2D eigenvalue weighted by molar-refractivity contribution is -0.115. The summed E-state index contributed by atoms with van der Waals surface area (Å²) in [6.07, 6.45) is 1.85. The van der Waals surface area contributed by atoms with Crippen LogP contribution < -0.4 is 5.32 Å². The SMILES string of the molecule is CC(Sc1nnc(-c2c[nH]c3ccccc23)o1)C(=O)Nc1ccccc1-c1ccccc1. The van der Waals surface area contributed by atoms with Gasteiger partial charge in [-0.3, -0.25) is 4.79 Å². The van der Waals surface area contributed by atoms with Crippen molar-refractivity contribution in [3.63, 3.8) is 0 Å². The van der Waals surface area contributed by atoms with Crippen LogP contribution in [0.2, 0.25) is 0 Å². The Morgan fingerprint density at radius 1 is 0.938 bits per heavy atom. The van der Waals surface area contributed by atoms with E-state index in [-0.39, 0.29) is 5.91 Å². The van der Waals surface area contributed by atoms with Gasteiger partial charge in [-0.05, 0) is 24.6 Å². The molecule has 1 atom stereocenters. The van der Waals surface area contributed by atoms with E-state index in [1.807, 2.05) is 92.0 Å². The summed E-state index contributed by atoms with van der Waals surface area (Å²) in [5, 5.41) is 12.3. The van der Waals surface area contributed by atoms with Gasteiger partial charge >= 0.3 is 0 Å². The summed E-state index contributed by atoms with van der Waals surface area (Å²) in [6.45, 7) is 1.82. The number of carbonyl (C=O) groups excluding carboxylic acids is 1. The Bertz CT molecular complexity index is 1380. The lowest BCUT2D eigenvalue weighted by Gasteiger charge is -2.14. The lowest BCUT2D eigenvalue weighted by atomic mass is 10.0. The summed E-state index contributed by atoms with van der Waals surface area (Å²) in [7, 11) is 0. The molecule has 0 saturated heterocycles. The molecule has 2 aromatic heterocycles. The van der Waals surface area contributed by atoms with Crippen molar-refractivity contribution in [3.05, 3.63) is 85.1 Å². The number of hydrogen-bond acceptors (Lipinski definition) is 5. The van der Waals surface area contributed by atoms with E-state index in [1.54, 1.807) is 0 Å². The molecule has 1 amide bonds. The topological polar surface area (TPSA) is 83.8 Å². The first kappa shape index (κ1) is 20.1. The second kappa shape index (κ2) is 8.72. The molecule has 6 nitrogen and oxygen atoms in total. The van der Waals surface area contributed by atoms with E-state index in [0.29, 0.717) is 11.1 Å². The molecule has 5 aromatic rings. The van der Waals surface area contributed by atoms with E-state index < -0.39 is 5.25 Å². The van der Waals surface area contributed by atoms with Crippen molar-refractivity contribution in [2.45, 2.75) is 17.4 Å². The van der Waals surface area contributed by atoms with Crippen LogP contribution in [-0.4, -0.2) is 26.3 Å². The van der Waals surface area contributed by atoms with Gasteiger partial charge in [-0.15, -0.1) is 10.2 Å². The Labute approximate surface area is 189 Å². The highest BCUT2D eigenvalue weighted by Crippen LogP contribution is 2.32. The van der Waals surface area contributed by atoms with Crippen LogP contribution in [0, 0.1) is 0 Å². The second-order valence-electron chi connectivity index (χ2n) is 7.28. The van der Waals surface area contributed by atoms with Crippen molar-refractivity contribution in [2.75, 3.05) is 5.32 Å². The van der Waals surface area contributed by atoms with Gasteiger partial charge in [0, 0.05) is 28.4 Å². The number of rotatable bonds is 6. The number of aromatic nitrogens is 3. The standard InChI is InChI=1S/C25H20N4O2S/c1-16(23(30)27-22-14-8-5-11-18(22)17-9-3-2-4-10-17)32-25-29-28-24(31-25)20-15-26-21-13-7-6-12-19(20)21/h2-16,26H,1H3,(H,27,30). The van der Waals surface area contributed by atoms with E-state index in [4.69, 9.17) is 4.42 Å². The number of carbonyl (C=O) groups is 1. The van der Waals surface area contributed by atoms with E-state index >= 15 is 0 Å². The fourth-order valence-corrected chi connectivity index (χ4v) is 4.20. The number of thioether (sulfide) groups is 1.